The van der Waals surface area contributed by atoms with Crippen LogP contribution in [0.4, 0.5) is 11.4 Å². The van der Waals surface area contributed by atoms with Crippen molar-refractivity contribution in [2.45, 2.75) is 18.1 Å². The fraction of sp³-hybridized carbons (Fsp3) is 0.500. The smallest absolute Gasteiger partial charge is 0.255 e. The normalized spacial score (nSPS) is 18.3. The average molecular weight is 279 g/mol. The second-order valence-corrected chi connectivity index (χ2v) is 6.43. The monoisotopic (exact) mass is 279 g/mol. The number of nitrogens with one attached hydrogen (secondary N) is 1. The highest BCUT2D eigenvalue weighted by molar-refractivity contribution is 8.00. The number of nitrogen functional groups attached to an aromatic ring is 1. The number of carbonyl (C=O) groups is 1. The molecule has 0 aromatic heterocycles. The highest BCUT2D eigenvalue weighted by Gasteiger charge is 2.17. The SMILES string of the molecule is CN(C)C(=O)c1ccc(N)cc1NCC1CCCS1. The summed E-state index contributed by atoms with van der Waals surface area (Å²) in [6.07, 6.45) is 2.54. The van der Waals surface area contributed by atoms with Gasteiger partial charge >= 0.3 is 0 Å². The van der Waals surface area contributed by atoms with E-state index in [4.69, 9.17) is 5.73 Å². The van der Waals surface area contributed by atoms with E-state index in [1.165, 1.54) is 18.6 Å². The van der Waals surface area contributed by atoms with Gasteiger partial charge in [-0.2, -0.15) is 11.8 Å². The first-order valence-electron chi connectivity index (χ1n) is 6.54. The van der Waals surface area contributed by atoms with Gasteiger partial charge in [0.2, 0.25) is 0 Å². The number of hydrogen-bond donors (Lipinski definition) is 2. The average Bonchev–Trinajstić information content (AvgIpc) is 2.88. The van der Waals surface area contributed by atoms with Crippen LogP contribution in [0, 0.1) is 0 Å². The Morgan fingerprint density at radius 1 is 1.53 bits per heavy atom. The number of carbonyl (C=O) groups excluding carboxylic acids is 1. The largest absolute Gasteiger partial charge is 0.399 e. The Hall–Kier alpha value is -1.36. The van der Waals surface area contributed by atoms with Crippen LogP contribution < -0.4 is 11.1 Å². The van der Waals surface area contributed by atoms with Crippen LogP contribution in [0.5, 0.6) is 0 Å². The van der Waals surface area contributed by atoms with Crippen molar-refractivity contribution in [1.29, 1.82) is 0 Å². The predicted molar refractivity (Wildman–Crippen MR) is 82.8 cm³/mol. The minimum atomic E-state index is 0.00146. The number of amides is 1. The fourth-order valence-corrected chi connectivity index (χ4v) is 3.37. The van der Waals surface area contributed by atoms with Crippen LogP contribution >= 0.6 is 11.8 Å². The van der Waals surface area contributed by atoms with E-state index in [0.29, 0.717) is 16.5 Å². The highest BCUT2D eigenvalue weighted by Crippen LogP contribution is 2.27. The summed E-state index contributed by atoms with van der Waals surface area (Å²) in [6, 6.07) is 5.41. The molecule has 19 heavy (non-hydrogen) atoms. The van der Waals surface area contributed by atoms with Gasteiger partial charge in [-0.25, -0.2) is 0 Å². The first-order valence-corrected chi connectivity index (χ1v) is 7.59. The quantitative estimate of drug-likeness (QED) is 0.830. The summed E-state index contributed by atoms with van der Waals surface area (Å²) in [4.78, 5) is 13.7. The van der Waals surface area contributed by atoms with E-state index in [-0.39, 0.29) is 5.91 Å². The van der Waals surface area contributed by atoms with Gasteiger partial charge in [0.25, 0.3) is 5.91 Å². The maximum Gasteiger partial charge on any atom is 0.255 e. The maximum absolute atomic E-state index is 12.1. The topological polar surface area (TPSA) is 58.4 Å². The van der Waals surface area contributed by atoms with Crippen LogP contribution in [-0.2, 0) is 0 Å². The molecule has 1 amide bonds. The lowest BCUT2D eigenvalue weighted by Gasteiger charge is -2.17. The van der Waals surface area contributed by atoms with Crippen LogP contribution in [0.15, 0.2) is 18.2 Å². The van der Waals surface area contributed by atoms with Gasteiger partial charge in [-0.05, 0) is 36.8 Å². The lowest BCUT2D eigenvalue weighted by Crippen LogP contribution is -2.24. The van der Waals surface area contributed by atoms with Gasteiger partial charge < -0.3 is 16.0 Å². The maximum atomic E-state index is 12.1. The van der Waals surface area contributed by atoms with Crippen molar-refractivity contribution in [2.75, 3.05) is 37.4 Å². The molecule has 4 nitrogen and oxygen atoms in total. The number of anilines is 2. The molecule has 1 unspecified atom stereocenters. The second kappa shape index (κ2) is 6.19. The van der Waals surface area contributed by atoms with E-state index in [1.807, 2.05) is 17.8 Å². The molecule has 1 saturated heterocycles. The van der Waals surface area contributed by atoms with Crippen molar-refractivity contribution in [3.8, 4) is 0 Å². The molecule has 1 atom stereocenters. The molecule has 1 aromatic rings. The number of rotatable bonds is 4. The van der Waals surface area contributed by atoms with Crippen LogP contribution in [0.25, 0.3) is 0 Å². The summed E-state index contributed by atoms with van der Waals surface area (Å²) in [5.74, 6) is 1.24. The van der Waals surface area contributed by atoms with Gasteiger partial charge in [-0.1, -0.05) is 0 Å². The van der Waals surface area contributed by atoms with Crippen molar-refractivity contribution in [3.05, 3.63) is 23.8 Å². The molecule has 1 heterocycles. The van der Waals surface area contributed by atoms with E-state index in [9.17, 15) is 4.79 Å². The molecule has 104 valence electrons. The van der Waals surface area contributed by atoms with Crippen molar-refractivity contribution < 1.29 is 4.79 Å². The van der Waals surface area contributed by atoms with Gasteiger partial charge in [0, 0.05) is 37.3 Å². The zero-order valence-corrected chi connectivity index (χ0v) is 12.3. The van der Waals surface area contributed by atoms with Crippen molar-refractivity contribution in [1.82, 2.24) is 4.90 Å². The van der Waals surface area contributed by atoms with E-state index in [2.05, 4.69) is 5.32 Å². The number of thioether (sulfide) groups is 1. The van der Waals surface area contributed by atoms with Gasteiger partial charge in [0.05, 0.1) is 5.56 Å². The fourth-order valence-electron chi connectivity index (χ4n) is 2.16. The molecular weight excluding hydrogens is 258 g/mol. The third kappa shape index (κ3) is 3.56. The lowest BCUT2D eigenvalue weighted by molar-refractivity contribution is 0.0828. The second-order valence-electron chi connectivity index (χ2n) is 5.02. The molecule has 0 bridgehead atoms. The van der Waals surface area contributed by atoms with E-state index in [1.54, 1.807) is 31.1 Å². The molecule has 0 saturated carbocycles. The Morgan fingerprint density at radius 3 is 2.95 bits per heavy atom. The minimum Gasteiger partial charge on any atom is -0.399 e. The predicted octanol–water partition coefficient (Wildman–Crippen LogP) is 2.28. The molecule has 3 N–H and O–H groups in total. The number of benzene rings is 1. The van der Waals surface area contributed by atoms with Crippen LogP contribution in [0.1, 0.15) is 23.2 Å². The van der Waals surface area contributed by atoms with Gasteiger partial charge in [0.1, 0.15) is 0 Å². The number of nitrogens with zero attached hydrogens (tertiary/aromatic N) is 1. The zero-order valence-electron chi connectivity index (χ0n) is 11.5. The van der Waals surface area contributed by atoms with Crippen molar-refractivity contribution in [3.63, 3.8) is 0 Å². The lowest BCUT2D eigenvalue weighted by atomic mass is 10.1. The first-order chi connectivity index (χ1) is 9.08. The van der Waals surface area contributed by atoms with Crippen molar-refractivity contribution >= 4 is 29.0 Å². The Morgan fingerprint density at radius 2 is 2.32 bits per heavy atom. The molecule has 5 heteroatoms. The molecule has 0 aliphatic carbocycles. The molecule has 1 aliphatic heterocycles. The van der Waals surface area contributed by atoms with E-state index < -0.39 is 0 Å². The van der Waals surface area contributed by atoms with Crippen LogP contribution in [-0.4, -0.2) is 42.4 Å². The summed E-state index contributed by atoms with van der Waals surface area (Å²) in [7, 11) is 3.52. The Bertz CT molecular complexity index is 456. The van der Waals surface area contributed by atoms with E-state index >= 15 is 0 Å². The van der Waals surface area contributed by atoms with Gasteiger partial charge in [-0.15, -0.1) is 0 Å². The molecule has 2 rings (SSSR count). The summed E-state index contributed by atoms with van der Waals surface area (Å²) >= 11 is 2.00. The highest BCUT2D eigenvalue weighted by atomic mass is 32.2. The summed E-state index contributed by atoms with van der Waals surface area (Å²) < 4.78 is 0. The molecule has 0 radical (unpaired) electrons. The van der Waals surface area contributed by atoms with Gasteiger partial charge in [0.15, 0.2) is 0 Å². The molecule has 0 spiro atoms. The van der Waals surface area contributed by atoms with Crippen molar-refractivity contribution in [2.24, 2.45) is 0 Å². The Kier molecular flexibility index (Phi) is 4.58. The third-order valence-corrected chi connectivity index (χ3v) is 4.62. The minimum absolute atomic E-state index is 0.00146. The zero-order chi connectivity index (χ0) is 13.8. The summed E-state index contributed by atoms with van der Waals surface area (Å²) in [5, 5.41) is 4.03. The van der Waals surface area contributed by atoms with Crippen LogP contribution in [0.2, 0.25) is 0 Å². The Balaban J connectivity index is 2.12. The molecule has 1 aromatic carbocycles. The van der Waals surface area contributed by atoms with Gasteiger partial charge in [-0.3, -0.25) is 4.79 Å². The molecular formula is C14H21N3OS. The molecule has 1 fully saturated rings. The Labute approximate surface area is 118 Å². The summed E-state index contributed by atoms with van der Waals surface area (Å²) in [5.41, 5.74) is 8.02. The summed E-state index contributed by atoms with van der Waals surface area (Å²) in [6.45, 7) is 0.891. The van der Waals surface area contributed by atoms with Crippen LogP contribution in [0.3, 0.4) is 0 Å². The number of hydrogen-bond acceptors (Lipinski definition) is 4. The molecule has 1 aliphatic rings. The standard InChI is InChI=1S/C14H21N3OS/c1-17(2)14(18)12-6-5-10(15)8-13(12)16-9-11-4-3-7-19-11/h5-6,8,11,16H,3-4,7,9,15H2,1-2H3. The first kappa shape index (κ1) is 14.1. The number of nitrogens with two attached hydrogens (primary N) is 1. The van der Waals surface area contributed by atoms with E-state index in [0.717, 1.165) is 12.2 Å². The third-order valence-electron chi connectivity index (χ3n) is 3.22.